The van der Waals surface area contributed by atoms with Crippen molar-refractivity contribution in [3.8, 4) is 5.75 Å². The van der Waals surface area contributed by atoms with Gasteiger partial charge < -0.3 is 4.74 Å². The Labute approximate surface area is 109 Å². The summed E-state index contributed by atoms with van der Waals surface area (Å²) in [6.07, 6.45) is 0. The van der Waals surface area contributed by atoms with E-state index in [9.17, 15) is 0 Å². The van der Waals surface area contributed by atoms with Crippen LogP contribution >= 0.6 is 0 Å². The molecule has 0 bridgehead atoms. The highest BCUT2D eigenvalue weighted by Gasteiger charge is 2.03. The fraction of sp³-hybridized carbons (Fsp3) is 0.0769. The fourth-order valence-electron chi connectivity index (χ4n) is 1.69. The third-order valence-electron chi connectivity index (χ3n) is 2.67. The van der Waals surface area contributed by atoms with Crippen LogP contribution in [-0.4, -0.2) is 22.5 Å². The Morgan fingerprint density at radius 2 is 1.84 bits per heavy atom. The largest absolute Gasteiger partial charge is 0.497 e. The van der Waals surface area contributed by atoms with Crippen molar-refractivity contribution >= 4 is 22.4 Å². The molecule has 6 nitrogen and oxygen atoms in total. The molecule has 0 amide bonds. The van der Waals surface area contributed by atoms with Gasteiger partial charge in [0.1, 0.15) is 22.5 Å². The van der Waals surface area contributed by atoms with Crippen LogP contribution < -0.4 is 4.74 Å². The predicted octanol–water partition coefficient (Wildman–Crippen LogP) is 3.38. The minimum Gasteiger partial charge on any atom is -0.497 e. The number of aromatic nitrogens is 3. The number of nitrogens with one attached hydrogen (secondary N) is 1. The Bertz CT molecular complexity index is 717. The molecule has 1 heterocycles. The first-order valence-electron chi connectivity index (χ1n) is 5.72. The Hall–Kier alpha value is -2.76. The Balaban J connectivity index is 1.91. The van der Waals surface area contributed by atoms with E-state index in [1.165, 1.54) is 0 Å². The second-order valence-electron chi connectivity index (χ2n) is 3.87. The number of hydrogen-bond acceptors (Lipinski definition) is 5. The van der Waals surface area contributed by atoms with Crippen LogP contribution in [0.15, 0.2) is 52.7 Å². The smallest absolute Gasteiger partial charge is 0.140 e. The first-order valence-corrected chi connectivity index (χ1v) is 5.72. The van der Waals surface area contributed by atoms with Gasteiger partial charge >= 0.3 is 0 Å². The van der Waals surface area contributed by atoms with Gasteiger partial charge in [-0.25, -0.2) is 0 Å². The molecule has 0 radical (unpaired) electrons. The lowest BCUT2D eigenvalue weighted by molar-refractivity contribution is 0.415. The third kappa shape index (κ3) is 2.28. The maximum atomic E-state index is 5.08. The van der Waals surface area contributed by atoms with Crippen LogP contribution in [0, 0.1) is 0 Å². The van der Waals surface area contributed by atoms with Crippen LogP contribution in [0.1, 0.15) is 0 Å². The molecule has 0 spiro atoms. The number of fused-ring (bicyclic) bond motifs is 1. The average molecular weight is 253 g/mol. The summed E-state index contributed by atoms with van der Waals surface area (Å²) in [6, 6.07) is 12.9. The summed E-state index contributed by atoms with van der Waals surface area (Å²) in [6.45, 7) is 0. The fourth-order valence-corrected chi connectivity index (χ4v) is 1.69. The molecule has 6 heteroatoms. The van der Waals surface area contributed by atoms with E-state index in [0.717, 1.165) is 17.0 Å². The lowest BCUT2D eigenvalue weighted by atomic mass is 10.3. The number of nitrogens with zero attached hydrogens (tertiary/aromatic N) is 4. The molecule has 0 saturated heterocycles. The second-order valence-corrected chi connectivity index (χ2v) is 3.87. The topological polar surface area (TPSA) is 75.5 Å². The quantitative estimate of drug-likeness (QED) is 0.727. The van der Waals surface area contributed by atoms with E-state index in [-0.39, 0.29) is 0 Å². The van der Waals surface area contributed by atoms with Gasteiger partial charge in [0.15, 0.2) is 0 Å². The first kappa shape index (κ1) is 11.3. The van der Waals surface area contributed by atoms with Crippen LogP contribution in [0.4, 0.5) is 11.4 Å². The van der Waals surface area contributed by atoms with Crippen LogP contribution in [-0.2, 0) is 0 Å². The van der Waals surface area contributed by atoms with E-state index >= 15 is 0 Å². The molecule has 0 fully saturated rings. The Morgan fingerprint density at radius 3 is 2.63 bits per heavy atom. The van der Waals surface area contributed by atoms with Crippen LogP contribution in [0.5, 0.6) is 5.75 Å². The van der Waals surface area contributed by atoms with E-state index in [1.54, 1.807) is 7.11 Å². The Kier molecular flexibility index (Phi) is 2.89. The number of aromatic amines is 1. The van der Waals surface area contributed by atoms with E-state index in [2.05, 4.69) is 25.6 Å². The van der Waals surface area contributed by atoms with E-state index in [0.29, 0.717) is 11.2 Å². The van der Waals surface area contributed by atoms with Crippen LogP contribution in [0.25, 0.3) is 11.0 Å². The van der Waals surface area contributed by atoms with Crippen LogP contribution in [0.2, 0.25) is 0 Å². The molecule has 3 rings (SSSR count). The number of H-pyrrole nitrogens is 1. The zero-order valence-corrected chi connectivity index (χ0v) is 10.2. The number of ether oxygens (including phenoxy) is 1. The molecule has 0 aliphatic heterocycles. The van der Waals surface area contributed by atoms with Gasteiger partial charge in [-0.15, -0.1) is 5.11 Å². The summed E-state index contributed by atoms with van der Waals surface area (Å²) >= 11 is 0. The van der Waals surface area contributed by atoms with Gasteiger partial charge in [0.25, 0.3) is 0 Å². The van der Waals surface area contributed by atoms with E-state index < -0.39 is 0 Å². The normalized spacial score (nSPS) is 11.2. The number of para-hydroxylation sites is 1. The average Bonchev–Trinajstić information content (AvgIpc) is 2.94. The summed E-state index contributed by atoms with van der Waals surface area (Å²) in [4.78, 5) is 0. The van der Waals surface area contributed by atoms with Crippen molar-refractivity contribution < 1.29 is 4.74 Å². The molecular formula is C13H11N5O. The lowest BCUT2D eigenvalue weighted by Crippen LogP contribution is -1.79. The molecule has 0 aliphatic carbocycles. The minimum absolute atomic E-state index is 0.682. The molecule has 3 aromatic rings. The number of benzene rings is 2. The van der Waals surface area contributed by atoms with Crippen molar-refractivity contribution in [2.45, 2.75) is 0 Å². The van der Waals surface area contributed by atoms with Crippen molar-refractivity contribution in [3.05, 3.63) is 42.5 Å². The molecule has 0 atom stereocenters. The number of azo groups is 1. The summed E-state index contributed by atoms with van der Waals surface area (Å²) in [5.41, 5.74) is 2.91. The van der Waals surface area contributed by atoms with E-state index in [1.807, 2.05) is 42.5 Å². The van der Waals surface area contributed by atoms with Crippen molar-refractivity contribution in [2.24, 2.45) is 10.2 Å². The van der Waals surface area contributed by atoms with Gasteiger partial charge in [-0.3, -0.25) is 0 Å². The van der Waals surface area contributed by atoms with Gasteiger partial charge in [0.2, 0.25) is 0 Å². The second kappa shape index (κ2) is 4.85. The van der Waals surface area contributed by atoms with Crippen LogP contribution in [0.3, 0.4) is 0 Å². The number of methoxy groups -OCH3 is 1. The number of rotatable bonds is 3. The minimum atomic E-state index is 0.682. The zero-order valence-electron chi connectivity index (χ0n) is 10.2. The molecule has 94 valence electrons. The molecule has 0 aliphatic rings. The molecule has 2 aromatic carbocycles. The Morgan fingerprint density at radius 1 is 1.00 bits per heavy atom. The molecule has 19 heavy (non-hydrogen) atoms. The van der Waals surface area contributed by atoms with Gasteiger partial charge in [-0.05, 0) is 36.4 Å². The SMILES string of the molecule is COc1ccc(N=Nc2cccc3n[nH]nc23)cc1. The van der Waals surface area contributed by atoms with Crippen molar-refractivity contribution in [3.63, 3.8) is 0 Å². The summed E-state index contributed by atoms with van der Waals surface area (Å²) in [5, 5.41) is 19.0. The highest BCUT2D eigenvalue weighted by molar-refractivity contribution is 5.85. The van der Waals surface area contributed by atoms with Gasteiger partial charge in [-0.2, -0.15) is 20.5 Å². The van der Waals surface area contributed by atoms with Gasteiger partial charge in [0, 0.05) is 0 Å². The molecular weight excluding hydrogens is 242 g/mol. The molecule has 0 saturated carbocycles. The highest BCUT2D eigenvalue weighted by Crippen LogP contribution is 2.25. The standard InChI is InChI=1S/C13H11N5O/c1-19-10-7-5-9(6-8-10)14-15-11-3-2-4-12-13(11)17-18-16-12/h2-8H,1H3,(H,16,17,18). The van der Waals surface area contributed by atoms with Gasteiger partial charge in [-0.1, -0.05) is 6.07 Å². The third-order valence-corrected chi connectivity index (χ3v) is 2.67. The van der Waals surface area contributed by atoms with Crippen molar-refractivity contribution in [2.75, 3.05) is 7.11 Å². The zero-order chi connectivity index (χ0) is 13.1. The maximum absolute atomic E-state index is 5.08. The predicted molar refractivity (Wildman–Crippen MR) is 71.1 cm³/mol. The van der Waals surface area contributed by atoms with Gasteiger partial charge in [0.05, 0.1) is 12.8 Å². The molecule has 0 unspecified atom stereocenters. The molecule has 1 N–H and O–H groups in total. The summed E-state index contributed by atoms with van der Waals surface area (Å²) in [5.74, 6) is 0.789. The highest BCUT2D eigenvalue weighted by atomic mass is 16.5. The van der Waals surface area contributed by atoms with Crippen molar-refractivity contribution in [1.29, 1.82) is 0 Å². The lowest BCUT2D eigenvalue weighted by Gasteiger charge is -1.98. The summed E-state index contributed by atoms with van der Waals surface area (Å²) < 4.78 is 5.08. The first-order chi connectivity index (χ1) is 9.36. The molecule has 1 aromatic heterocycles. The van der Waals surface area contributed by atoms with E-state index in [4.69, 9.17) is 4.74 Å². The van der Waals surface area contributed by atoms with Crippen molar-refractivity contribution in [1.82, 2.24) is 15.4 Å². The monoisotopic (exact) mass is 253 g/mol. The maximum Gasteiger partial charge on any atom is 0.140 e. The number of hydrogen-bond donors (Lipinski definition) is 1. The summed E-state index contributed by atoms with van der Waals surface area (Å²) in [7, 11) is 1.63.